The molecule has 0 saturated heterocycles. The summed E-state index contributed by atoms with van der Waals surface area (Å²) in [6.45, 7) is 0. The lowest BCUT2D eigenvalue weighted by Gasteiger charge is -2.08. The van der Waals surface area contributed by atoms with Gasteiger partial charge >= 0.3 is 0 Å². The van der Waals surface area contributed by atoms with E-state index in [9.17, 15) is 4.79 Å². The predicted octanol–water partition coefficient (Wildman–Crippen LogP) is 5.47. The zero-order valence-electron chi connectivity index (χ0n) is 13.8. The number of benzene rings is 2. The van der Waals surface area contributed by atoms with E-state index < -0.39 is 0 Å². The molecule has 0 aliphatic rings. The molecular weight excluding hydrogens is 340 g/mol. The molecule has 5 rings (SSSR count). The van der Waals surface area contributed by atoms with Gasteiger partial charge in [-0.15, -0.1) is 11.3 Å². The fraction of sp³-hybridized carbons (Fsp3) is 0. The van der Waals surface area contributed by atoms with Crippen LogP contribution in [0.4, 0.5) is 0 Å². The van der Waals surface area contributed by atoms with Crippen LogP contribution in [0.1, 0.15) is 0 Å². The van der Waals surface area contributed by atoms with Crippen molar-refractivity contribution in [3.63, 3.8) is 0 Å². The van der Waals surface area contributed by atoms with Crippen LogP contribution in [0, 0.1) is 0 Å². The number of hydrogen-bond acceptors (Lipinski definition) is 3. The Kier molecular flexibility index (Phi) is 3.43. The SMILES string of the molecule is O=c1cc[nH]c2c1sc1nc(-c3ccccc3)cc(-c3ccccc3)c12. The maximum Gasteiger partial charge on any atom is 0.199 e. The standard InChI is InChI=1S/C22H14N2OS/c25-18-11-12-23-20-19-16(14-7-3-1-4-8-14)13-17(15-9-5-2-6-10-15)24-22(19)26-21(18)20/h1-13H,(H,23,25). The number of fused-ring (bicyclic) bond motifs is 3. The first-order valence-corrected chi connectivity index (χ1v) is 9.19. The van der Waals surface area contributed by atoms with Gasteiger partial charge in [0.25, 0.3) is 0 Å². The minimum absolute atomic E-state index is 0.0297. The van der Waals surface area contributed by atoms with E-state index in [1.165, 1.54) is 11.3 Å². The first kappa shape index (κ1) is 15.0. The summed E-state index contributed by atoms with van der Waals surface area (Å²) in [4.78, 5) is 21.3. The summed E-state index contributed by atoms with van der Waals surface area (Å²) < 4.78 is 0.720. The predicted molar refractivity (Wildman–Crippen MR) is 109 cm³/mol. The lowest BCUT2D eigenvalue weighted by Crippen LogP contribution is -1.96. The summed E-state index contributed by atoms with van der Waals surface area (Å²) in [5.74, 6) is 0. The molecule has 4 heteroatoms. The van der Waals surface area contributed by atoms with E-state index in [1.54, 1.807) is 12.3 Å². The van der Waals surface area contributed by atoms with Crippen LogP contribution >= 0.6 is 11.3 Å². The molecule has 0 spiro atoms. The highest BCUT2D eigenvalue weighted by Crippen LogP contribution is 2.39. The molecule has 124 valence electrons. The molecule has 0 atom stereocenters. The minimum atomic E-state index is 0.0297. The number of aromatic amines is 1. The van der Waals surface area contributed by atoms with E-state index in [-0.39, 0.29) is 5.43 Å². The molecule has 0 radical (unpaired) electrons. The van der Waals surface area contributed by atoms with Gasteiger partial charge in [0.2, 0.25) is 0 Å². The topological polar surface area (TPSA) is 45.8 Å². The van der Waals surface area contributed by atoms with Gasteiger partial charge in [0.05, 0.1) is 11.2 Å². The maximum absolute atomic E-state index is 12.3. The van der Waals surface area contributed by atoms with Crippen LogP contribution in [0.5, 0.6) is 0 Å². The van der Waals surface area contributed by atoms with Gasteiger partial charge in [-0.3, -0.25) is 4.79 Å². The summed E-state index contributed by atoms with van der Waals surface area (Å²) in [5, 5.41) is 1.01. The third-order valence-corrected chi connectivity index (χ3v) is 5.60. The molecule has 0 fully saturated rings. The molecule has 0 bridgehead atoms. The van der Waals surface area contributed by atoms with E-state index in [0.717, 1.165) is 42.8 Å². The molecule has 0 aliphatic heterocycles. The van der Waals surface area contributed by atoms with Gasteiger partial charge in [0.1, 0.15) is 9.53 Å². The quantitative estimate of drug-likeness (QED) is 0.457. The summed E-state index contributed by atoms with van der Waals surface area (Å²) in [5.41, 5.74) is 5.07. The van der Waals surface area contributed by atoms with Gasteiger partial charge in [-0.25, -0.2) is 4.98 Å². The highest BCUT2D eigenvalue weighted by atomic mass is 32.1. The van der Waals surface area contributed by atoms with Crippen LogP contribution in [-0.4, -0.2) is 9.97 Å². The molecule has 26 heavy (non-hydrogen) atoms. The molecule has 3 nitrogen and oxygen atoms in total. The van der Waals surface area contributed by atoms with E-state index in [4.69, 9.17) is 4.98 Å². The summed E-state index contributed by atoms with van der Waals surface area (Å²) in [7, 11) is 0. The normalized spacial score (nSPS) is 11.2. The van der Waals surface area contributed by atoms with Crippen LogP contribution in [-0.2, 0) is 0 Å². The Morgan fingerprint density at radius 3 is 2.27 bits per heavy atom. The first-order chi connectivity index (χ1) is 12.8. The van der Waals surface area contributed by atoms with Crippen LogP contribution in [0.3, 0.4) is 0 Å². The maximum atomic E-state index is 12.3. The van der Waals surface area contributed by atoms with E-state index >= 15 is 0 Å². The fourth-order valence-corrected chi connectivity index (χ4v) is 4.37. The average molecular weight is 354 g/mol. The second kappa shape index (κ2) is 5.93. The third-order valence-electron chi connectivity index (χ3n) is 4.50. The Hall–Kier alpha value is -3.24. The largest absolute Gasteiger partial charge is 0.360 e. The van der Waals surface area contributed by atoms with Crippen LogP contribution in [0.2, 0.25) is 0 Å². The summed E-state index contributed by atoms with van der Waals surface area (Å²) >= 11 is 1.45. The van der Waals surface area contributed by atoms with Crippen molar-refractivity contribution >= 4 is 31.8 Å². The van der Waals surface area contributed by atoms with Crippen molar-refractivity contribution in [1.29, 1.82) is 0 Å². The van der Waals surface area contributed by atoms with Crippen LogP contribution in [0.15, 0.2) is 83.8 Å². The molecule has 0 saturated carbocycles. The van der Waals surface area contributed by atoms with E-state index in [2.05, 4.69) is 35.3 Å². The van der Waals surface area contributed by atoms with E-state index in [0.29, 0.717) is 0 Å². The highest BCUT2D eigenvalue weighted by molar-refractivity contribution is 7.25. The van der Waals surface area contributed by atoms with E-state index in [1.807, 2.05) is 36.4 Å². The number of rotatable bonds is 2. The number of H-pyrrole nitrogens is 1. The summed E-state index contributed by atoms with van der Waals surface area (Å²) in [6.07, 6.45) is 1.71. The van der Waals surface area contributed by atoms with Gasteiger partial charge in [-0.1, -0.05) is 60.7 Å². The Labute approximate surface area is 153 Å². The number of nitrogens with zero attached hydrogens (tertiary/aromatic N) is 1. The molecule has 3 heterocycles. The van der Waals surface area contributed by atoms with Gasteiger partial charge in [0, 0.05) is 23.2 Å². The molecule has 1 N–H and O–H groups in total. The summed E-state index contributed by atoms with van der Waals surface area (Å²) in [6, 6.07) is 24.1. The number of hydrogen-bond donors (Lipinski definition) is 1. The van der Waals surface area contributed by atoms with Crippen molar-refractivity contribution < 1.29 is 0 Å². The third kappa shape index (κ3) is 2.35. The van der Waals surface area contributed by atoms with Crippen LogP contribution < -0.4 is 5.43 Å². The molecule has 3 aromatic heterocycles. The minimum Gasteiger partial charge on any atom is -0.360 e. The van der Waals surface area contributed by atoms with Crippen LogP contribution in [0.25, 0.3) is 42.8 Å². The first-order valence-electron chi connectivity index (χ1n) is 8.37. The molecule has 5 aromatic rings. The Balaban J connectivity index is 1.93. The van der Waals surface area contributed by atoms with Gasteiger partial charge in [-0.2, -0.15) is 0 Å². The van der Waals surface area contributed by atoms with Gasteiger partial charge in [-0.05, 0) is 17.2 Å². The Morgan fingerprint density at radius 1 is 0.846 bits per heavy atom. The lowest BCUT2D eigenvalue weighted by atomic mass is 10.00. The van der Waals surface area contributed by atoms with Crippen molar-refractivity contribution in [3.8, 4) is 22.4 Å². The van der Waals surface area contributed by atoms with Crippen molar-refractivity contribution in [1.82, 2.24) is 9.97 Å². The molecule has 0 unspecified atom stereocenters. The molecule has 0 amide bonds. The molecule has 0 aliphatic carbocycles. The Morgan fingerprint density at radius 2 is 1.54 bits per heavy atom. The smallest absolute Gasteiger partial charge is 0.199 e. The number of thiophene rings is 1. The number of nitrogens with one attached hydrogen (secondary N) is 1. The molecule has 2 aromatic carbocycles. The fourth-order valence-electron chi connectivity index (χ4n) is 3.29. The number of aromatic nitrogens is 2. The zero-order valence-corrected chi connectivity index (χ0v) is 14.6. The molecular formula is C22H14N2OS. The number of pyridine rings is 2. The monoisotopic (exact) mass is 354 g/mol. The van der Waals surface area contributed by atoms with Crippen molar-refractivity contribution in [2.75, 3.05) is 0 Å². The van der Waals surface area contributed by atoms with Gasteiger partial charge < -0.3 is 4.98 Å². The average Bonchev–Trinajstić information content (AvgIpc) is 3.09. The zero-order chi connectivity index (χ0) is 17.5. The lowest BCUT2D eigenvalue weighted by molar-refractivity contribution is 1.40. The highest BCUT2D eigenvalue weighted by Gasteiger charge is 2.16. The van der Waals surface area contributed by atoms with Crippen molar-refractivity contribution in [2.45, 2.75) is 0 Å². The Bertz CT molecular complexity index is 1290. The van der Waals surface area contributed by atoms with Crippen molar-refractivity contribution in [3.05, 3.63) is 89.2 Å². The van der Waals surface area contributed by atoms with Gasteiger partial charge in [0.15, 0.2) is 5.43 Å². The second-order valence-corrected chi connectivity index (χ2v) is 7.11. The second-order valence-electron chi connectivity index (χ2n) is 6.12. The van der Waals surface area contributed by atoms with Crippen molar-refractivity contribution in [2.24, 2.45) is 0 Å².